The number of amides is 6. The van der Waals surface area contributed by atoms with Gasteiger partial charge in [-0.25, -0.2) is 4.79 Å². The first kappa shape index (κ1) is 29.0. The molecule has 6 amide bonds. The Hall–Kier alpha value is -3.96. The Morgan fingerprint density at radius 2 is 1.77 bits per heavy atom. The molecule has 3 aliphatic heterocycles. The predicted octanol–water partition coefficient (Wildman–Crippen LogP) is 2.14. The van der Waals surface area contributed by atoms with Crippen molar-refractivity contribution in [3.8, 4) is 0 Å². The van der Waals surface area contributed by atoms with Gasteiger partial charge in [0, 0.05) is 51.3 Å². The summed E-state index contributed by atoms with van der Waals surface area (Å²) in [6.45, 7) is 6.95. The topological polar surface area (TPSA) is 145 Å². The lowest BCUT2D eigenvalue weighted by Crippen LogP contribution is -2.54. The maximum absolute atomic E-state index is 13.2. The lowest BCUT2D eigenvalue weighted by atomic mass is 10.0. The minimum absolute atomic E-state index is 0.00824. The van der Waals surface area contributed by atoms with Gasteiger partial charge >= 0.3 is 6.09 Å². The van der Waals surface area contributed by atoms with Crippen LogP contribution in [0.5, 0.6) is 0 Å². The van der Waals surface area contributed by atoms with E-state index < -0.39 is 35.3 Å². The largest absolute Gasteiger partial charge is 0.444 e. The standard InChI is InChI=1S/C28H37N5O7/c1-28(2,3)40-27(39)32-15-12-17(13-16-32)31(4)22(35)9-6-14-29-19-8-5-7-18-23(19)26(38)33(25(18)37)20-10-11-21(34)30-24(20)36/h5,7-8,17,20,29H,6,9-16H2,1-4H3,(H,30,34,36). The summed E-state index contributed by atoms with van der Waals surface area (Å²) in [5, 5.41) is 5.36. The number of benzene rings is 1. The number of fused-ring (bicyclic) bond motifs is 1. The molecule has 0 aliphatic carbocycles. The molecule has 0 aromatic heterocycles. The molecule has 0 radical (unpaired) electrons. The third-order valence-electron chi connectivity index (χ3n) is 7.41. The molecule has 2 N–H and O–H groups in total. The van der Waals surface area contributed by atoms with Crippen LogP contribution in [-0.4, -0.2) is 94.7 Å². The Morgan fingerprint density at radius 3 is 2.42 bits per heavy atom. The molecule has 0 saturated carbocycles. The summed E-state index contributed by atoms with van der Waals surface area (Å²) in [6.07, 6.45) is 1.96. The summed E-state index contributed by atoms with van der Waals surface area (Å²) in [4.78, 5) is 79.5. The van der Waals surface area contributed by atoms with Gasteiger partial charge in [0.25, 0.3) is 11.8 Å². The average molecular weight is 556 g/mol. The second kappa shape index (κ2) is 11.6. The van der Waals surface area contributed by atoms with Gasteiger partial charge in [-0.1, -0.05) is 6.07 Å². The highest BCUT2D eigenvalue weighted by atomic mass is 16.6. The molecule has 1 aromatic rings. The number of likely N-dealkylation sites (tertiary alicyclic amines) is 1. The molecule has 40 heavy (non-hydrogen) atoms. The molecule has 4 rings (SSSR count). The number of rotatable bonds is 7. The van der Waals surface area contributed by atoms with Gasteiger partial charge in [-0.3, -0.25) is 34.2 Å². The Labute approximate surface area is 233 Å². The molecule has 216 valence electrons. The molecule has 3 heterocycles. The molecule has 1 unspecified atom stereocenters. The van der Waals surface area contributed by atoms with Crippen LogP contribution in [0.2, 0.25) is 0 Å². The molecule has 2 fully saturated rings. The smallest absolute Gasteiger partial charge is 0.410 e. The highest BCUT2D eigenvalue weighted by Gasteiger charge is 2.45. The van der Waals surface area contributed by atoms with Crippen LogP contribution in [0.25, 0.3) is 0 Å². The number of piperidine rings is 2. The summed E-state index contributed by atoms with van der Waals surface area (Å²) in [6, 6.07) is 3.90. The Bertz CT molecular complexity index is 1220. The first-order valence-corrected chi connectivity index (χ1v) is 13.7. The summed E-state index contributed by atoms with van der Waals surface area (Å²) < 4.78 is 5.43. The zero-order valence-corrected chi connectivity index (χ0v) is 23.5. The van der Waals surface area contributed by atoms with Gasteiger partial charge in [0.2, 0.25) is 17.7 Å². The molecule has 0 spiro atoms. The van der Waals surface area contributed by atoms with E-state index in [0.717, 1.165) is 4.90 Å². The second-order valence-electron chi connectivity index (χ2n) is 11.4. The van der Waals surface area contributed by atoms with Crippen LogP contribution in [0, 0.1) is 0 Å². The van der Waals surface area contributed by atoms with Crippen molar-refractivity contribution in [2.75, 3.05) is 32.0 Å². The minimum atomic E-state index is -1.03. The maximum Gasteiger partial charge on any atom is 0.410 e. The Morgan fingerprint density at radius 1 is 1.07 bits per heavy atom. The number of carbonyl (C=O) groups is 6. The third kappa shape index (κ3) is 6.26. The maximum atomic E-state index is 13.2. The lowest BCUT2D eigenvalue weighted by molar-refractivity contribution is -0.136. The highest BCUT2D eigenvalue weighted by molar-refractivity contribution is 6.25. The molecule has 0 bridgehead atoms. The van der Waals surface area contributed by atoms with E-state index in [2.05, 4.69) is 10.6 Å². The van der Waals surface area contributed by atoms with Crippen LogP contribution in [0.3, 0.4) is 0 Å². The molecular weight excluding hydrogens is 518 g/mol. The van der Waals surface area contributed by atoms with Crippen LogP contribution in [0.15, 0.2) is 18.2 Å². The lowest BCUT2D eigenvalue weighted by Gasteiger charge is -2.37. The van der Waals surface area contributed by atoms with Crippen molar-refractivity contribution in [2.45, 2.75) is 77.0 Å². The molecule has 1 atom stereocenters. The van der Waals surface area contributed by atoms with Crippen molar-refractivity contribution in [1.82, 2.24) is 20.0 Å². The van der Waals surface area contributed by atoms with Crippen LogP contribution in [-0.2, 0) is 19.1 Å². The van der Waals surface area contributed by atoms with Crippen LogP contribution < -0.4 is 10.6 Å². The summed E-state index contributed by atoms with van der Waals surface area (Å²) in [5.41, 5.74) is 0.302. The van der Waals surface area contributed by atoms with E-state index in [1.807, 2.05) is 20.8 Å². The van der Waals surface area contributed by atoms with Crippen molar-refractivity contribution in [1.29, 1.82) is 0 Å². The number of carbonyl (C=O) groups excluding carboxylic acids is 6. The van der Waals surface area contributed by atoms with Crippen molar-refractivity contribution in [2.24, 2.45) is 0 Å². The average Bonchev–Trinajstić information content (AvgIpc) is 3.15. The van der Waals surface area contributed by atoms with Gasteiger partial charge < -0.3 is 19.9 Å². The van der Waals surface area contributed by atoms with Gasteiger partial charge in [0.1, 0.15) is 11.6 Å². The van der Waals surface area contributed by atoms with Gasteiger partial charge in [0.15, 0.2) is 0 Å². The summed E-state index contributed by atoms with van der Waals surface area (Å²) in [5.74, 6) is -2.23. The number of hydrogen-bond acceptors (Lipinski definition) is 8. The van der Waals surface area contributed by atoms with Crippen LogP contribution in [0.4, 0.5) is 10.5 Å². The molecule has 12 nitrogen and oxygen atoms in total. The zero-order chi connectivity index (χ0) is 29.2. The summed E-state index contributed by atoms with van der Waals surface area (Å²) >= 11 is 0. The third-order valence-corrected chi connectivity index (χ3v) is 7.41. The van der Waals surface area contributed by atoms with Crippen molar-refractivity contribution in [3.63, 3.8) is 0 Å². The number of ether oxygens (including phenoxy) is 1. The van der Waals surface area contributed by atoms with Crippen LogP contribution >= 0.6 is 0 Å². The van der Waals surface area contributed by atoms with Crippen molar-refractivity contribution < 1.29 is 33.5 Å². The number of hydrogen-bond donors (Lipinski definition) is 2. The van der Waals surface area contributed by atoms with Gasteiger partial charge in [0.05, 0.1) is 11.1 Å². The highest BCUT2D eigenvalue weighted by Crippen LogP contribution is 2.32. The quantitative estimate of drug-likeness (QED) is 0.385. The first-order valence-electron chi connectivity index (χ1n) is 13.7. The van der Waals surface area contributed by atoms with E-state index in [1.165, 1.54) is 0 Å². The monoisotopic (exact) mass is 555 g/mol. The normalized spacial score (nSPS) is 19.9. The molecule has 2 saturated heterocycles. The molecule has 12 heteroatoms. The first-order chi connectivity index (χ1) is 18.9. The van der Waals surface area contributed by atoms with E-state index >= 15 is 0 Å². The van der Waals surface area contributed by atoms with Gasteiger partial charge in [-0.2, -0.15) is 0 Å². The Kier molecular flexibility index (Phi) is 8.45. The molecular formula is C28H37N5O7. The van der Waals surface area contributed by atoms with E-state index in [0.29, 0.717) is 51.0 Å². The Balaban J connectivity index is 1.27. The molecule has 1 aromatic carbocycles. The van der Waals surface area contributed by atoms with E-state index in [4.69, 9.17) is 4.74 Å². The fourth-order valence-corrected chi connectivity index (χ4v) is 5.27. The van der Waals surface area contributed by atoms with E-state index in [9.17, 15) is 28.8 Å². The minimum Gasteiger partial charge on any atom is -0.444 e. The fraction of sp³-hybridized carbons (Fsp3) is 0.571. The summed E-state index contributed by atoms with van der Waals surface area (Å²) in [7, 11) is 1.78. The number of anilines is 1. The predicted molar refractivity (Wildman–Crippen MR) is 144 cm³/mol. The van der Waals surface area contributed by atoms with Crippen molar-refractivity contribution >= 4 is 41.3 Å². The van der Waals surface area contributed by atoms with Gasteiger partial charge in [-0.15, -0.1) is 0 Å². The van der Waals surface area contributed by atoms with Crippen LogP contribution in [0.1, 0.15) is 80.0 Å². The fourth-order valence-electron chi connectivity index (χ4n) is 5.27. The SMILES string of the molecule is CN(C(=O)CCCNc1cccc2c1C(=O)N(C1CCC(=O)NC1=O)C2=O)C1CCN(C(=O)OC(C)(C)C)CC1. The number of nitrogens with zero attached hydrogens (tertiary/aromatic N) is 3. The zero-order valence-electron chi connectivity index (χ0n) is 23.5. The number of nitrogens with one attached hydrogen (secondary N) is 2. The van der Waals surface area contributed by atoms with E-state index in [1.54, 1.807) is 35.0 Å². The number of imide groups is 2. The molecule has 3 aliphatic rings. The van der Waals surface area contributed by atoms with E-state index in [-0.39, 0.29) is 42.0 Å². The van der Waals surface area contributed by atoms with Crippen molar-refractivity contribution in [3.05, 3.63) is 29.3 Å². The van der Waals surface area contributed by atoms with Gasteiger partial charge in [-0.05, 0) is 58.6 Å². The second-order valence-corrected chi connectivity index (χ2v) is 11.4.